The van der Waals surface area contributed by atoms with E-state index in [1.807, 2.05) is 31.2 Å². The monoisotopic (exact) mass is 372 g/mol. The Morgan fingerprint density at radius 1 is 0.964 bits per heavy atom. The first-order valence-electron chi connectivity index (χ1n) is 8.85. The molecule has 1 aromatic heterocycles. The largest absolute Gasteiger partial charge is 0.454 e. The van der Waals surface area contributed by atoms with Gasteiger partial charge in [0, 0.05) is 22.9 Å². The highest BCUT2D eigenvalue weighted by Crippen LogP contribution is 2.34. The van der Waals surface area contributed by atoms with E-state index in [0.717, 1.165) is 16.5 Å². The van der Waals surface area contributed by atoms with Crippen LogP contribution in [0, 0.1) is 6.92 Å². The molecule has 2 heterocycles. The van der Waals surface area contributed by atoms with Crippen molar-refractivity contribution < 1.29 is 18.8 Å². The minimum atomic E-state index is -0.225. The lowest BCUT2D eigenvalue weighted by atomic mass is 10.0. The minimum absolute atomic E-state index is 0.193. The number of nitrogens with zero attached hydrogens (tertiary/aromatic N) is 1. The van der Waals surface area contributed by atoms with E-state index in [2.05, 4.69) is 10.5 Å². The molecular weight excluding hydrogens is 356 g/mol. The fourth-order valence-electron chi connectivity index (χ4n) is 3.17. The van der Waals surface area contributed by atoms with Crippen LogP contribution < -0.4 is 14.8 Å². The molecule has 0 atom stereocenters. The molecule has 0 aliphatic carbocycles. The first-order valence-corrected chi connectivity index (χ1v) is 8.85. The maximum absolute atomic E-state index is 12.7. The van der Waals surface area contributed by atoms with Crippen molar-refractivity contribution in [3.05, 3.63) is 71.8 Å². The zero-order valence-electron chi connectivity index (χ0n) is 15.1. The number of ether oxygens (including phenoxy) is 2. The van der Waals surface area contributed by atoms with Gasteiger partial charge in [-0.15, -0.1) is 0 Å². The number of benzene rings is 3. The molecule has 0 saturated carbocycles. The van der Waals surface area contributed by atoms with Crippen LogP contribution in [0.5, 0.6) is 11.5 Å². The van der Waals surface area contributed by atoms with Crippen LogP contribution in [0.3, 0.4) is 0 Å². The molecule has 0 spiro atoms. The normalized spacial score (nSPS) is 12.3. The Bertz CT molecular complexity index is 1200. The van der Waals surface area contributed by atoms with Crippen LogP contribution in [0.4, 0.5) is 5.69 Å². The molecule has 0 fully saturated rings. The Morgan fingerprint density at radius 3 is 2.64 bits per heavy atom. The fraction of sp³-hybridized carbons (Fsp3) is 0.0909. The van der Waals surface area contributed by atoms with Crippen LogP contribution in [0.1, 0.15) is 15.9 Å². The summed E-state index contributed by atoms with van der Waals surface area (Å²) in [7, 11) is 0. The van der Waals surface area contributed by atoms with Gasteiger partial charge in [0.1, 0.15) is 5.52 Å². The van der Waals surface area contributed by atoms with Gasteiger partial charge in [-0.2, -0.15) is 0 Å². The fourth-order valence-corrected chi connectivity index (χ4v) is 3.17. The van der Waals surface area contributed by atoms with Gasteiger partial charge in [-0.3, -0.25) is 4.79 Å². The Kier molecular flexibility index (Phi) is 3.76. The van der Waals surface area contributed by atoms with E-state index >= 15 is 0 Å². The zero-order valence-corrected chi connectivity index (χ0v) is 15.1. The summed E-state index contributed by atoms with van der Waals surface area (Å²) >= 11 is 0. The molecule has 1 amide bonds. The van der Waals surface area contributed by atoms with Gasteiger partial charge in [-0.05, 0) is 37.3 Å². The lowest BCUT2D eigenvalue weighted by Crippen LogP contribution is -2.11. The molecule has 0 saturated heterocycles. The smallest absolute Gasteiger partial charge is 0.255 e. The van der Waals surface area contributed by atoms with E-state index in [4.69, 9.17) is 14.0 Å². The predicted octanol–water partition coefficient (Wildman–Crippen LogP) is 4.78. The van der Waals surface area contributed by atoms with Crippen LogP contribution in [0.2, 0.25) is 0 Å². The van der Waals surface area contributed by atoms with Crippen molar-refractivity contribution in [3.63, 3.8) is 0 Å². The maximum Gasteiger partial charge on any atom is 0.255 e. The molecule has 1 N–H and O–H groups in total. The number of hydrogen-bond acceptors (Lipinski definition) is 5. The maximum atomic E-state index is 12.7. The van der Waals surface area contributed by atoms with Gasteiger partial charge >= 0.3 is 0 Å². The Balaban J connectivity index is 1.46. The SMILES string of the molecule is Cc1ccc(-c2onc3ccc(C(=O)Nc4ccc5c(c4)OCO5)cc23)cc1. The van der Waals surface area contributed by atoms with Gasteiger partial charge < -0.3 is 19.3 Å². The van der Waals surface area contributed by atoms with Gasteiger partial charge in [0.25, 0.3) is 5.91 Å². The van der Waals surface area contributed by atoms with Gasteiger partial charge in [0.2, 0.25) is 6.79 Å². The standard InChI is InChI=1S/C22H16N2O4/c1-13-2-4-14(5-3-13)21-17-10-15(6-8-18(17)24-28-21)22(25)23-16-7-9-19-20(11-16)27-12-26-19/h2-11H,12H2,1H3,(H,23,25). The first kappa shape index (κ1) is 16.4. The third kappa shape index (κ3) is 2.85. The lowest BCUT2D eigenvalue weighted by Gasteiger charge is -2.06. The summed E-state index contributed by atoms with van der Waals surface area (Å²) in [6.45, 7) is 2.22. The Morgan fingerprint density at radius 2 is 1.79 bits per heavy atom. The molecule has 5 rings (SSSR count). The van der Waals surface area contributed by atoms with E-state index in [0.29, 0.717) is 34.0 Å². The number of fused-ring (bicyclic) bond motifs is 2. The molecule has 6 heteroatoms. The van der Waals surface area contributed by atoms with Gasteiger partial charge in [-0.25, -0.2) is 0 Å². The van der Waals surface area contributed by atoms with Crippen LogP contribution in [0.15, 0.2) is 65.2 Å². The van der Waals surface area contributed by atoms with Crippen molar-refractivity contribution in [2.75, 3.05) is 12.1 Å². The van der Waals surface area contributed by atoms with Crippen LogP contribution in [0.25, 0.3) is 22.2 Å². The summed E-state index contributed by atoms with van der Waals surface area (Å²) in [5.41, 5.74) is 3.94. The number of aryl methyl sites for hydroxylation is 1. The second-order valence-corrected chi connectivity index (χ2v) is 6.63. The van der Waals surface area contributed by atoms with E-state index in [1.165, 1.54) is 0 Å². The average molecular weight is 372 g/mol. The summed E-state index contributed by atoms with van der Waals surface area (Å²) in [6, 6.07) is 18.6. The van der Waals surface area contributed by atoms with E-state index < -0.39 is 0 Å². The van der Waals surface area contributed by atoms with Crippen LogP contribution >= 0.6 is 0 Å². The molecule has 6 nitrogen and oxygen atoms in total. The molecule has 3 aromatic carbocycles. The Labute approximate surface area is 160 Å². The highest BCUT2D eigenvalue weighted by molar-refractivity contribution is 6.07. The Hall–Kier alpha value is -3.80. The van der Waals surface area contributed by atoms with Crippen molar-refractivity contribution in [2.45, 2.75) is 6.92 Å². The van der Waals surface area contributed by atoms with Crippen molar-refractivity contribution >= 4 is 22.5 Å². The van der Waals surface area contributed by atoms with Gasteiger partial charge in [0.15, 0.2) is 17.3 Å². The second-order valence-electron chi connectivity index (χ2n) is 6.63. The highest BCUT2D eigenvalue weighted by Gasteiger charge is 2.16. The van der Waals surface area contributed by atoms with Gasteiger partial charge in [0.05, 0.1) is 5.39 Å². The predicted molar refractivity (Wildman–Crippen MR) is 105 cm³/mol. The van der Waals surface area contributed by atoms with Crippen molar-refractivity contribution in [2.24, 2.45) is 0 Å². The second kappa shape index (κ2) is 6.42. The number of nitrogens with one attached hydrogen (secondary N) is 1. The molecule has 0 radical (unpaired) electrons. The molecule has 1 aliphatic heterocycles. The third-order valence-electron chi connectivity index (χ3n) is 4.68. The number of aromatic nitrogens is 1. The molecule has 0 unspecified atom stereocenters. The highest BCUT2D eigenvalue weighted by atomic mass is 16.7. The van der Waals surface area contributed by atoms with E-state index in [1.54, 1.807) is 36.4 Å². The number of carbonyl (C=O) groups is 1. The number of anilines is 1. The van der Waals surface area contributed by atoms with Gasteiger partial charge in [-0.1, -0.05) is 35.0 Å². The molecule has 1 aliphatic rings. The summed E-state index contributed by atoms with van der Waals surface area (Å²) in [6.07, 6.45) is 0. The summed E-state index contributed by atoms with van der Waals surface area (Å²) in [4.78, 5) is 12.7. The van der Waals surface area contributed by atoms with Crippen LogP contribution in [-0.2, 0) is 0 Å². The molecular formula is C22H16N2O4. The zero-order chi connectivity index (χ0) is 19.1. The number of rotatable bonds is 3. The number of hydrogen-bond donors (Lipinski definition) is 1. The molecule has 0 bridgehead atoms. The topological polar surface area (TPSA) is 73.6 Å². The quantitative estimate of drug-likeness (QED) is 0.560. The van der Waals surface area contributed by atoms with E-state index in [9.17, 15) is 4.79 Å². The lowest BCUT2D eigenvalue weighted by molar-refractivity contribution is 0.102. The van der Waals surface area contributed by atoms with Crippen molar-refractivity contribution in [1.29, 1.82) is 0 Å². The van der Waals surface area contributed by atoms with Crippen LogP contribution in [-0.4, -0.2) is 17.9 Å². The third-order valence-corrected chi connectivity index (χ3v) is 4.68. The average Bonchev–Trinajstić information content (AvgIpc) is 3.34. The number of amides is 1. The van der Waals surface area contributed by atoms with Crippen molar-refractivity contribution in [3.8, 4) is 22.8 Å². The number of carbonyl (C=O) groups excluding carboxylic acids is 1. The summed E-state index contributed by atoms with van der Waals surface area (Å²) in [5.74, 6) is 1.71. The van der Waals surface area contributed by atoms with Crippen molar-refractivity contribution in [1.82, 2.24) is 5.16 Å². The summed E-state index contributed by atoms with van der Waals surface area (Å²) < 4.78 is 16.2. The summed E-state index contributed by atoms with van der Waals surface area (Å²) in [5, 5.41) is 7.78. The minimum Gasteiger partial charge on any atom is -0.454 e. The molecule has 28 heavy (non-hydrogen) atoms. The molecule has 138 valence electrons. The van der Waals surface area contributed by atoms with E-state index in [-0.39, 0.29) is 12.7 Å². The molecule has 4 aromatic rings. The first-order chi connectivity index (χ1) is 13.7.